The number of hydrogen-bond acceptors (Lipinski definition) is 5. The number of aryl methyl sites for hydroxylation is 1. The van der Waals surface area contributed by atoms with E-state index in [1.54, 1.807) is 20.8 Å². The molecule has 0 saturated carbocycles. The lowest BCUT2D eigenvalue weighted by molar-refractivity contribution is -0.143. The predicted octanol–water partition coefficient (Wildman–Crippen LogP) is 4.50. The van der Waals surface area contributed by atoms with Gasteiger partial charge in [0.25, 0.3) is 0 Å². The van der Waals surface area contributed by atoms with Crippen molar-refractivity contribution >= 4 is 17.9 Å². The van der Waals surface area contributed by atoms with Crippen LogP contribution in [-0.4, -0.2) is 59.3 Å². The fraction of sp³-hybridized carbons (Fsp3) is 0.679. The monoisotopic (exact) mass is 505 g/mol. The highest BCUT2D eigenvalue weighted by molar-refractivity contribution is 5.92. The van der Waals surface area contributed by atoms with Crippen LogP contribution in [0.5, 0.6) is 0 Å². The molecule has 0 aliphatic heterocycles. The van der Waals surface area contributed by atoms with Crippen molar-refractivity contribution < 1.29 is 24.2 Å². The lowest BCUT2D eigenvalue weighted by atomic mass is 10.00. The van der Waals surface area contributed by atoms with Crippen LogP contribution in [0.25, 0.3) is 0 Å². The molecule has 1 rings (SSSR count). The first kappa shape index (κ1) is 31.4. The van der Waals surface area contributed by atoms with Gasteiger partial charge in [-0.05, 0) is 51.2 Å². The van der Waals surface area contributed by atoms with Gasteiger partial charge in [-0.1, -0.05) is 70.7 Å². The number of unbranched alkanes of at least 4 members (excludes halogenated alkanes) is 4. The topological polar surface area (TPSA) is 108 Å². The molecule has 1 aromatic carbocycles. The number of amides is 3. The molecule has 0 heterocycles. The summed E-state index contributed by atoms with van der Waals surface area (Å²) >= 11 is 0. The number of alkyl carbamates (subject to hydrolysis) is 1. The number of aliphatic hydroxyl groups excluding tert-OH is 1. The number of nitrogens with one attached hydrogen (secondary N) is 2. The first-order valence-corrected chi connectivity index (χ1v) is 13.3. The summed E-state index contributed by atoms with van der Waals surface area (Å²) in [5, 5.41) is 15.5. The Labute approximate surface area is 217 Å². The first-order chi connectivity index (χ1) is 17.1. The third-order valence-electron chi connectivity index (χ3n) is 5.80. The quantitative estimate of drug-likeness (QED) is 0.304. The van der Waals surface area contributed by atoms with Crippen molar-refractivity contribution in [3.63, 3.8) is 0 Å². The van der Waals surface area contributed by atoms with Gasteiger partial charge in [0, 0.05) is 13.1 Å². The molecule has 1 aromatic rings. The third kappa shape index (κ3) is 11.0. The Kier molecular flexibility index (Phi) is 14.1. The molecule has 0 aliphatic carbocycles. The molecule has 0 radical (unpaired) electrons. The molecule has 36 heavy (non-hydrogen) atoms. The highest BCUT2D eigenvalue weighted by Crippen LogP contribution is 2.24. The van der Waals surface area contributed by atoms with Crippen molar-refractivity contribution in [2.24, 2.45) is 0 Å². The van der Waals surface area contributed by atoms with Crippen molar-refractivity contribution in [1.29, 1.82) is 0 Å². The number of benzene rings is 1. The summed E-state index contributed by atoms with van der Waals surface area (Å²) < 4.78 is 5.29. The largest absolute Gasteiger partial charge is 0.444 e. The number of nitrogens with zero attached hydrogens (tertiary/aromatic N) is 1. The fourth-order valence-corrected chi connectivity index (χ4v) is 3.80. The Morgan fingerprint density at radius 1 is 0.972 bits per heavy atom. The molecule has 0 bridgehead atoms. The second-order valence-corrected chi connectivity index (χ2v) is 10.1. The maximum atomic E-state index is 13.7. The van der Waals surface area contributed by atoms with Gasteiger partial charge in [0.15, 0.2) is 0 Å². The summed E-state index contributed by atoms with van der Waals surface area (Å²) in [6.07, 6.45) is 5.49. The van der Waals surface area contributed by atoms with Crippen LogP contribution in [0.15, 0.2) is 24.3 Å². The van der Waals surface area contributed by atoms with Gasteiger partial charge in [0.1, 0.15) is 17.7 Å². The Hall–Kier alpha value is -2.61. The normalized spacial score (nSPS) is 13.0. The Bertz CT molecular complexity index is 804. The molecule has 0 fully saturated rings. The Morgan fingerprint density at radius 2 is 1.61 bits per heavy atom. The van der Waals surface area contributed by atoms with Crippen molar-refractivity contribution in [1.82, 2.24) is 15.5 Å². The van der Waals surface area contributed by atoms with E-state index >= 15 is 0 Å². The van der Waals surface area contributed by atoms with E-state index in [1.165, 1.54) is 4.90 Å². The van der Waals surface area contributed by atoms with Gasteiger partial charge in [-0.2, -0.15) is 0 Å². The SMILES string of the molecule is CCCCCCN(C(=O)C(CO)NC(=O)OC(C)(C)C)C(C(=O)NCCCC)c1ccc(CC)cc1. The molecule has 8 heteroatoms. The van der Waals surface area contributed by atoms with Crippen molar-refractivity contribution in [3.05, 3.63) is 35.4 Å². The molecule has 204 valence electrons. The van der Waals surface area contributed by atoms with E-state index in [1.807, 2.05) is 31.2 Å². The van der Waals surface area contributed by atoms with Crippen LogP contribution in [0.4, 0.5) is 4.79 Å². The minimum Gasteiger partial charge on any atom is -0.444 e. The van der Waals surface area contributed by atoms with Crippen LogP contribution < -0.4 is 10.6 Å². The molecule has 0 spiro atoms. The van der Waals surface area contributed by atoms with Gasteiger partial charge in [-0.25, -0.2) is 4.79 Å². The van der Waals surface area contributed by atoms with Crippen LogP contribution in [0.3, 0.4) is 0 Å². The Morgan fingerprint density at radius 3 is 2.14 bits per heavy atom. The molecule has 3 N–H and O–H groups in total. The van der Waals surface area contributed by atoms with E-state index in [2.05, 4.69) is 24.5 Å². The van der Waals surface area contributed by atoms with Gasteiger partial charge < -0.3 is 25.4 Å². The third-order valence-corrected chi connectivity index (χ3v) is 5.80. The molecule has 0 aromatic heterocycles. The molecular weight excluding hydrogens is 458 g/mol. The number of aliphatic hydroxyl groups is 1. The lowest BCUT2D eigenvalue weighted by Gasteiger charge is -2.34. The highest BCUT2D eigenvalue weighted by atomic mass is 16.6. The molecule has 0 aliphatic rings. The van der Waals surface area contributed by atoms with Gasteiger partial charge in [0.2, 0.25) is 11.8 Å². The Balaban J connectivity index is 3.34. The van der Waals surface area contributed by atoms with Crippen LogP contribution in [-0.2, 0) is 20.7 Å². The van der Waals surface area contributed by atoms with Crippen LogP contribution >= 0.6 is 0 Å². The minimum atomic E-state index is -1.23. The highest BCUT2D eigenvalue weighted by Gasteiger charge is 2.35. The zero-order valence-electron chi connectivity index (χ0n) is 23.1. The maximum absolute atomic E-state index is 13.7. The van der Waals surface area contributed by atoms with Crippen LogP contribution in [0.1, 0.15) is 97.2 Å². The number of rotatable bonds is 15. The van der Waals surface area contributed by atoms with Gasteiger partial charge in [0.05, 0.1) is 6.61 Å². The molecule has 2 unspecified atom stereocenters. The molecule has 8 nitrogen and oxygen atoms in total. The van der Waals surface area contributed by atoms with Crippen LogP contribution in [0, 0.1) is 0 Å². The maximum Gasteiger partial charge on any atom is 0.408 e. The van der Waals surface area contributed by atoms with Gasteiger partial charge >= 0.3 is 6.09 Å². The molecular formula is C28H47N3O5. The van der Waals surface area contributed by atoms with E-state index in [0.717, 1.165) is 44.1 Å². The standard InChI is InChI=1S/C28H47N3O5/c1-7-10-12-13-19-31(26(34)23(20-32)30-27(35)36-28(4,5)6)24(25(33)29-18-11-8-2)22-16-14-21(9-3)15-17-22/h14-17,23-24,32H,7-13,18-20H2,1-6H3,(H,29,33)(H,30,35). The predicted molar refractivity (Wildman–Crippen MR) is 143 cm³/mol. The minimum absolute atomic E-state index is 0.273. The summed E-state index contributed by atoms with van der Waals surface area (Å²) in [4.78, 5) is 41.1. The second kappa shape index (κ2) is 16.2. The number of hydrogen-bond donors (Lipinski definition) is 3. The van der Waals surface area contributed by atoms with Gasteiger partial charge in [-0.15, -0.1) is 0 Å². The summed E-state index contributed by atoms with van der Waals surface area (Å²) in [6.45, 7) is 11.6. The van der Waals surface area contributed by atoms with Crippen LogP contribution in [0.2, 0.25) is 0 Å². The summed E-state index contributed by atoms with van der Waals surface area (Å²) in [7, 11) is 0. The van der Waals surface area contributed by atoms with Crippen molar-refractivity contribution in [2.75, 3.05) is 19.7 Å². The number of carbonyl (C=O) groups is 3. The zero-order chi connectivity index (χ0) is 27.1. The van der Waals surface area contributed by atoms with E-state index in [0.29, 0.717) is 25.1 Å². The smallest absolute Gasteiger partial charge is 0.408 e. The summed E-state index contributed by atoms with van der Waals surface area (Å²) in [5.41, 5.74) is 1.07. The zero-order valence-corrected chi connectivity index (χ0v) is 23.1. The van der Waals surface area contributed by atoms with E-state index in [-0.39, 0.29) is 5.91 Å². The average Bonchev–Trinajstić information content (AvgIpc) is 2.83. The number of carbonyl (C=O) groups excluding carboxylic acids is 3. The average molecular weight is 506 g/mol. The van der Waals surface area contributed by atoms with E-state index in [4.69, 9.17) is 4.74 Å². The fourth-order valence-electron chi connectivity index (χ4n) is 3.80. The first-order valence-electron chi connectivity index (χ1n) is 13.3. The van der Waals surface area contributed by atoms with Gasteiger partial charge in [-0.3, -0.25) is 9.59 Å². The van der Waals surface area contributed by atoms with Crippen molar-refractivity contribution in [2.45, 2.75) is 104 Å². The lowest BCUT2D eigenvalue weighted by Crippen LogP contribution is -2.54. The molecule has 3 amide bonds. The summed E-state index contributed by atoms with van der Waals surface area (Å²) in [6, 6.07) is 5.58. The summed E-state index contributed by atoms with van der Waals surface area (Å²) in [5.74, 6) is -0.791. The number of ether oxygens (including phenoxy) is 1. The second-order valence-electron chi connectivity index (χ2n) is 10.1. The molecule has 0 saturated heterocycles. The molecule has 2 atom stereocenters. The van der Waals surface area contributed by atoms with E-state index in [9.17, 15) is 19.5 Å². The van der Waals surface area contributed by atoms with Crippen molar-refractivity contribution in [3.8, 4) is 0 Å². The van der Waals surface area contributed by atoms with E-state index < -0.39 is 36.3 Å².